The molecule has 0 spiro atoms. The van der Waals surface area contributed by atoms with E-state index in [0.29, 0.717) is 13.1 Å². The molecule has 0 bridgehead atoms. The van der Waals surface area contributed by atoms with E-state index in [1.807, 2.05) is 0 Å². The number of carbonyl (C=O) groups excluding carboxylic acids is 2. The number of hydrogen-bond acceptors (Lipinski definition) is 5. The van der Waals surface area contributed by atoms with E-state index in [1.54, 1.807) is 0 Å². The van der Waals surface area contributed by atoms with Crippen LogP contribution in [0.4, 0.5) is 0 Å². The van der Waals surface area contributed by atoms with Crippen LogP contribution in [0.15, 0.2) is 29.2 Å². The summed E-state index contributed by atoms with van der Waals surface area (Å²) in [7, 11) is -3.65. The van der Waals surface area contributed by atoms with Gasteiger partial charge in [-0.05, 0) is 38.0 Å². The molecule has 1 heterocycles. The van der Waals surface area contributed by atoms with Crippen molar-refractivity contribution in [3.05, 3.63) is 29.8 Å². The second-order valence-electron chi connectivity index (χ2n) is 5.80. The topological polar surface area (TPSA) is 107 Å². The van der Waals surface area contributed by atoms with Crippen LogP contribution in [-0.4, -0.2) is 43.8 Å². The lowest BCUT2D eigenvalue weighted by Gasteiger charge is -2.20. The number of amides is 1. The van der Waals surface area contributed by atoms with Gasteiger partial charge >= 0.3 is 5.97 Å². The maximum Gasteiger partial charge on any atom is 0.338 e. The van der Waals surface area contributed by atoms with Crippen molar-refractivity contribution in [3.8, 4) is 0 Å². The lowest BCUT2D eigenvalue weighted by atomic mass is 10.2. The van der Waals surface area contributed by atoms with Gasteiger partial charge in [0.15, 0.2) is 6.10 Å². The van der Waals surface area contributed by atoms with E-state index in [1.165, 1.54) is 35.5 Å². The van der Waals surface area contributed by atoms with Gasteiger partial charge in [-0.25, -0.2) is 13.2 Å². The summed E-state index contributed by atoms with van der Waals surface area (Å²) in [4.78, 5) is 23.1. The first-order chi connectivity index (χ1) is 11.3. The number of sulfonamides is 1. The Morgan fingerprint density at radius 1 is 1.17 bits per heavy atom. The molecule has 1 amide bonds. The van der Waals surface area contributed by atoms with Gasteiger partial charge < -0.3 is 10.5 Å². The zero-order chi connectivity index (χ0) is 17.7. The molecule has 1 atom stereocenters. The largest absolute Gasteiger partial charge is 0.449 e. The Bertz CT molecular complexity index is 709. The number of esters is 1. The summed E-state index contributed by atoms with van der Waals surface area (Å²) in [6.45, 7) is 2.32. The summed E-state index contributed by atoms with van der Waals surface area (Å²) in [6.07, 6.45) is 2.62. The minimum atomic E-state index is -3.65. The first-order valence-electron chi connectivity index (χ1n) is 7.93. The molecule has 0 aromatic heterocycles. The fourth-order valence-electron chi connectivity index (χ4n) is 2.50. The molecule has 2 rings (SSSR count). The average Bonchev–Trinajstić information content (AvgIpc) is 2.84. The Balaban J connectivity index is 2.22. The van der Waals surface area contributed by atoms with Crippen LogP contribution in [0, 0.1) is 0 Å². The summed E-state index contributed by atoms with van der Waals surface area (Å²) < 4.78 is 31.9. The number of ether oxygens (including phenoxy) is 1. The highest BCUT2D eigenvalue weighted by Gasteiger charge is 2.26. The molecule has 1 aliphatic rings. The van der Waals surface area contributed by atoms with E-state index >= 15 is 0 Å². The van der Waals surface area contributed by atoms with Crippen LogP contribution in [0.5, 0.6) is 0 Å². The molecule has 1 aliphatic heterocycles. The fraction of sp³-hybridized carbons (Fsp3) is 0.500. The summed E-state index contributed by atoms with van der Waals surface area (Å²) in [5.41, 5.74) is 5.12. The third-order valence-electron chi connectivity index (χ3n) is 3.96. The van der Waals surface area contributed by atoms with Gasteiger partial charge in [0, 0.05) is 13.1 Å². The van der Waals surface area contributed by atoms with E-state index in [2.05, 4.69) is 0 Å². The molecule has 24 heavy (non-hydrogen) atoms. The van der Waals surface area contributed by atoms with Crippen LogP contribution in [0.3, 0.4) is 0 Å². The summed E-state index contributed by atoms with van der Waals surface area (Å²) in [5.74, 6) is -1.55. The van der Waals surface area contributed by atoms with Crippen LogP contribution in [0.1, 0.15) is 43.0 Å². The van der Waals surface area contributed by atoms with Crippen LogP contribution >= 0.6 is 0 Å². The number of primary amides is 1. The van der Waals surface area contributed by atoms with Crippen molar-refractivity contribution in [3.63, 3.8) is 0 Å². The van der Waals surface area contributed by atoms with Gasteiger partial charge in [0.05, 0.1) is 10.5 Å². The first kappa shape index (κ1) is 18.4. The minimum Gasteiger partial charge on any atom is -0.449 e. The molecule has 0 saturated carbocycles. The number of hydrogen-bond donors (Lipinski definition) is 1. The van der Waals surface area contributed by atoms with Crippen LogP contribution in [-0.2, 0) is 19.6 Å². The standard InChI is InChI=1S/C16H22N2O5S/c1-12(15(17)19)23-16(20)13-7-6-8-14(11-13)24(21,22)18-9-4-2-3-5-10-18/h6-8,11-12H,2-5,9-10H2,1H3,(H2,17,19)/t12-/m0/s1. The monoisotopic (exact) mass is 354 g/mol. The number of nitrogens with two attached hydrogens (primary N) is 1. The molecule has 0 radical (unpaired) electrons. The van der Waals surface area contributed by atoms with Crippen LogP contribution in [0.2, 0.25) is 0 Å². The molecular formula is C16H22N2O5S. The molecule has 7 nitrogen and oxygen atoms in total. The molecule has 0 unspecified atom stereocenters. The number of nitrogens with zero attached hydrogens (tertiary/aromatic N) is 1. The Morgan fingerprint density at radius 2 is 1.79 bits per heavy atom. The van der Waals surface area contributed by atoms with Gasteiger partial charge in [0.1, 0.15) is 0 Å². The molecule has 2 N–H and O–H groups in total. The maximum atomic E-state index is 12.7. The number of rotatable bonds is 5. The van der Waals surface area contributed by atoms with E-state index in [0.717, 1.165) is 25.7 Å². The van der Waals surface area contributed by atoms with Crippen molar-refractivity contribution < 1.29 is 22.7 Å². The van der Waals surface area contributed by atoms with Crippen molar-refractivity contribution in [2.75, 3.05) is 13.1 Å². The third-order valence-corrected chi connectivity index (χ3v) is 5.85. The quantitative estimate of drug-likeness (QED) is 0.802. The smallest absolute Gasteiger partial charge is 0.338 e. The maximum absolute atomic E-state index is 12.7. The minimum absolute atomic E-state index is 0.0468. The third kappa shape index (κ3) is 4.33. The summed E-state index contributed by atoms with van der Waals surface area (Å²) in [6, 6.07) is 5.65. The second kappa shape index (κ2) is 7.76. The molecular weight excluding hydrogens is 332 g/mol. The molecule has 1 aromatic rings. The predicted molar refractivity (Wildman–Crippen MR) is 87.7 cm³/mol. The molecule has 1 saturated heterocycles. The Morgan fingerprint density at radius 3 is 2.38 bits per heavy atom. The van der Waals surface area contributed by atoms with Gasteiger partial charge in [0.2, 0.25) is 10.0 Å². The second-order valence-corrected chi connectivity index (χ2v) is 7.73. The van der Waals surface area contributed by atoms with Gasteiger partial charge in [-0.1, -0.05) is 18.9 Å². The van der Waals surface area contributed by atoms with Crippen molar-refractivity contribution in [2.45, 2.75) is 43.6 Å². The average molecular weight is 354 g/mol. The molecule has 132 valence electrons. The van der Waals surface area contributed by atoms with Crippen LogP contribution in [0.25, 0.3) is 0 Å². The number of benzene rings is 1. The lowest BCUT2D eigenvalue weighted by Crippen LogP contribution is -2.32. The predicted octanol–water partition coefficient (Wildman–Crippen LogP) is 1.28. The van der Waals surface area contributed by atoms with Gasteiger partial charge in [0.25, 0.3) is 5.91 Å². The van der Waals surface area contributed by atoms with E-state index in [-0.39, 0.29) is 10.5 Å². The number of carbonyl (C=O) groups is 2. The molecule has 8 heteroatoms. The van der Waals surface area contributed by atoms with E-state index < -0.39 is 28.0 Å². The van der Waals surface area contributed by atoms with Crippen molar-refractivity contribution in [2.24, 2.45) is 5.73 Å². The van der Waals surface area contributed by atoms with Gasteiger partial charge in [-0.15, -0.1) is 0 Å². The highest BCUT2D eigenvalue weighted by atomic mass is 32.2. The van der Waals surface area contributed by atoms with Crippen molar-refractivity contribution in [1.82, 2.24) is 4.31 Å². The van der Waals surface area contributed by atoms with Gasteiger partial charge in [-0.2, -0.15) is 4.31 Å². The highest BCUT2D eigenvalue weighted by molar-refractivity contribution is 7.89. The SMILES string of the molecule is C[C@H](OC(=O)c1cccc(S(=O)(=O)N2CCCCCC2)c1)C(N)=O. The van der Waals surface area contributed by atoms with Crippen molar-refractivity contribution >= 4 is 21.9 Å². The van der Waals surface area contributed by atoms with Gasteiger partial charge in [-0.3, -0.25) is 4.79 Å². The molecule has 1 fully saturated rings. The van der Waals surface area contributed by atoms with E-state index in [9.17, 15) is 18.0 Å². The normalized spacial score (nSPS) is 17.7. The summed E-state index contributed by atoms with van der Waals surface area (Å²) in [5, 5.41) is 0. The Labute approximate surface area is 141 Å². The Hall–Kier alpha value is -1.93. The zero-order valence-corrected chi connectivity index (χ0v) is 14.4. The molecule has 1 aromatic carbocycles. The first-order valence-corrected chi connectivity index (χ1v) is 9.37. The van der Waals surface area contributed by atoms with E-state index in [4.69, 9.17) is 10.5 Å². The zero-order valence-electron chi connectivity index (χ0n) is 13.6. The lowest BCUT2D eigenvalue weighted by molar-refractivity contribution is -0.125. The fourth-order valence-corrected chi connectivity index (χ4v) is 4.06. The highest BCUT2D eigenvalue weighted by Crippen LogP contribution is 2.21. The Kier molecular flexibility index (Phi) is 5.95. The van der Waals surface area contributed by atoms with Crippen molar-refractivity contribution in [1.29, 1.82) is 0 Å². The molecule has 0 aliphatic carbocycles. The van der Waals surface area contributed by atoms with Crippen LogP contribution < -0.4 is 5.73 Å². The summed E-state index contributed by atoms with van der Waals surface area (Å²) >= 11 is 0.